The van der Waals surface area contributed by atoms with E-state index < -0.39 is 5.91 Å². The van der Waals surface area contributed by atoms with Crippen LogP contribution in [0.1, 0.15) is 21.7 Å². The van der Waals surface area contributed by atoms with Crippen LogP contribution < -0.4 is 10.6 Å². The molecule has 1 heterocycles. The van der Waals surface area contributed by atoms with Gasteiger partial charge in [0, 0.05) is 15.2 Å². The van der Waals surface area contributed by atoms with Gasteiger partial charge in [0.1, 0.15) is 6.54 Å². The summed E-state index contributed by atoms with van der Waals surface area (Å²) in [6.45, 7) is 3.43. The predicted molar refractivity (Wildman–Crippen MR) is 112 cm³/mol. The molecule has 28 heavy (non-hydrogen) atoms. The number of amides is 2. The average Bonchev–Trinajstić information content (AvgIpc) is 3.01. The second kappa shape index (κ2) is 8.53. The van der Waals surface area contributed by atoms with Crippen molar-refractivity contribution in [1.82, 2.24) is 15.0 Å². The Bertz CT molecular complexity index is 1050. The smallest absolute Gasteiger partial charge is 0.278 e. The van der Waals surface area contributed by atoms with Gasteiger partial charge in [0.2, 0.25) is 5.91 Å². The molecule has 3 aromatic rings. The van der Waals surface area contributed by atoms with Gasteiger partial charge in [0.15, 0.2) is 5.69 Å². The highest BCUT2D eigenvalue weighted by atomic mass is 79.9. The van der Waals surface area contributed by atoms with Gasteiger partial charge < -0.3 is 10.6 Å². The number of carbonyl (C=O) groups excluding carboxylic acids is 2. The summed E-state index contributed by atoms with van der Waals surface area (Å²) in [5, 5.41) is 14.0. The van der Waals surface area contributed by atoms with E-state index in [2.05, 4.69) is 36.9 Å². The lowest BCUT2D eigenvalue weighted by atomic mass is 10.2. The standard InChI is InChI=1S/C19H17BrClN5O2/c1-11-14(21)7-5-9-15(11)23-19(28)18-12(2)26(25-24-18)10-17(27)22-16-8-4-3-6-13(16)20/h3-9H,10H2,1-2H3,(H,22,27)(H,23,28). The SMILES string of the molecule is Cc1c(Cl)cccc1NC(=O)c1nnn(CC(=O)Nc2ccccc2Br)c1C. The zero-order valence-electron chi connectivity index (χ0n) is 15.2. The largest absolute Gasteiger partial charge is 0.323 e. The van der Waals surface area contributed by atoms with E-state index in [-0.39, 0.29) is 18.1 Å². The molecule has 2 N–H and O–H groups in total. The molecular weight excluding hydrogens is 446 g/mol. The maximum Gasteiger partial charge on any atom is 0.278 e. The molecule has 0 aliphatic carbocycles. The first-order chi connectivity index (χ1) is 13.4. The fourth-order valence-corrected chi connectivity index (χ4v) is 3.09. The Morgan fingerprint density at radius 3 is 2.54 bits per heavy atom. The first kappa shape index (κ1) is 20.0. The Morgan fingerprint density at radius 2 is 1.79 bits per heavy atom. The number of para-hydroxylation sites is 1. The maximum absolute atomic E-state index is 12.6. The predicted octanol–water partition coefficient (Wildman–Crippen LogP) is 4.20. The van der Waals surface area contributed by atoms with Crippen molar-refractivity contribution in [3.05, 3.63) is 68.9 Å². The van der Waals surface area contributed by atoms with E-state index in [4.69, 9.17) is 11.6 Å². The lowest BCUT2D eigenvalue weighted by Crippen LogP contribution is -2.21. The lowest BCUT2D eigenvalue weighted by molar-refractivity contribution is -0.117. The number of halogens is 2. The molecule has 0 unspecified atom stereocenters. The zero-order valence-corrected chi connectivity index (χ0v) is 17.5. The fraction of sp³-hybridized carbons (Fsp3) is 0.158. The summed E-state index contributed by atoms with van der Waals surface area (Å²) in [4.78, 5) is 24.9. The number of rotatable bonds is 5. The molecule has 0 aliphatic heterocycles. The van der Waals surface area contributed by atoms with Gasteiger partial charge in [-0.25, -0.2) is 4.68 Å². The highest BCUT2D eigenvalue weighted by Gasteiger charge is 2.19. The third kappa shape index (κ3) is 4.40. The molecule has 0 saturated heterocycles. The third-order valence-electron chi connectivity index (χ3n) is 4.15. The second-order valence-corrected chi connectivity index (χ2v) is 7.34. The van der Waals surface area contributed by atoms with Gasteiger partial charge >= 0.3 is 0 Å². The average molecular weight is 463 g/mol. The molecule has 7 nitrogen and oxygen atoms in total. The molecule has 0 fully saturated rings. The Labute approximate surface area is 175 Å². The molecular formula is C19H17BrClN5O2. The van der Waals surface area contributed by atoms with Crippen LogP contribution >= 0.6 is 27.5 Å². The van der Waals surface area contributed by atoms with Gasteiger partial charge in [-0.15, -0.1) is 5.10 Å². The van der Waals surface area contributed by atoms with E-state index in [0.717, 1.165) is 10.0 Å². The van der Waals surface area contributed by atoms with E-state index >= 15 is 0 Å². The number of hydrogen-bond donors (Lipinski definition) is 2. The minimum absolute atomic E-state index is 0.0658. The fourth-order valence-electron chi connectivity index (χ4n) is 2.53. The van der Waals surface area contributed by atoms with Gasteiger partial charge in [-0.1, -0.05) is 35.0 Å². The minimum atomic E-state index is -0.416. The number of anilines is 2. The molecule has 0 bridgehead atoms. The van der Waals surface area contributed by atoms with E-state index in [9.17, 15) is 9.59 Å². The van der Waals surface area contributed by atoms with Crippen molar-refractivity contribution in [2.24, 2.45) is 0 Å². The molecule has 9 heteroatoms. The molecule has 3 rings (SSSR count). The van der Waals surface area contributed by atoms with Crippen molar-refractivity contribution < 1.29 is 9.59 Å². The minimum Gasteiger partial charge on any atom is -0.323 e. The molecule has 0 spiro atoms. The first-order valence-corrected chi connectivity index (χ1v) is 9.55. The zero-order chi connectivity index (χ0) is 20.3. The van der Waals surface area contributed by atoms with Crippen LogP contribution in [-0.4, -0.2) is 26.8 Å². The number of nitrogens with one attached hydrogen (secondary N) is 2. The number of hydrogen-bond acceptors (Lipinski definition) is 4. The number of aromatic nitrogens is 3. The van der Waals surface area contributed by atoms with Crippen LogP contribution in [0.3, 0.4) is 0 Å². The summed E-state index contributed by atoms with van der Waals surface area (Å²) in [5.74, 6) is -0.696. The van der Waals surface area contributed by atoms with Crippen LogP contribution in [0.2, 0.25) is 5.02 Å². The van der Waals surface area contributed by atoms with Gasteiger partial charge in [-0.2, -0.15) is 0 Å². The van der Waals surface area contributed by atoms with Gasteiger partial charge in [-0.3, -0.25) is 9.59 Å². The summed E-state index contributed by atoms with van der Waals surface area (Å²) in [6.07, 6.45) is 0. The number of nitrogens with zero attached hydrogens (tertiary/aromatic N) is 3. The quantitative estimate of drug-likeness (QED) is 0.595. The van der Waals surface area contributed by atoms with Crippen LogP contribution in [0.25, 0.3) is 0 Å². The Balaban J connectivity index is 1.71. The monoisotopic (exact) mass is 461 g/mol. The maximum atomic E-state index is 12.6. The third-order valence-corrected chi connectivity index (χ3v) is 5.26. The molecule has 2 amide bonds. The second-order valence-electron chi connectivity index (χ2n) is 6.08. The van der Waals surface area contributed by atoms with Crippen molar-refractivity contribution in [1.29, 1.82) is 0 Å². The summed E-state index contributed by atoms with van der Waals surface area (Å²) in [7, 11) is 0. The molecule has 0 saturated carbocycles. The van der Waals surface area contributed by atoms with Crippen LogP contribution in [0, 0.1) is 13.8 Å². The van der Waals surface area contributed by atoms with Gasteiger partial charge in [0.25, 0.3) is 5.91 Å². The van der Waals surface area contributed by atoms with E-state index in [1.165, 1.54) is 4.68 Å². The Hall–Kier alpha value is -2.71. The molecule has 0 radical (unpaired) electrons. The Morgan fingerprint density at radius 1 is 1.07 bits per heavy atom. The Kier molecular flexibility index (Phi) is 6.11. The number of benzene rings is 2. The van der Waals surface area contributed by atoms with E-state index in [1.54, 1.807) is 31.2 Å². The summed E-state index contributed by atoms with van der Waals surface area (Å²) >= 11 is 9.46. The molecule has 1 aromatic heterocycles. The lowest BCUT2D eigenvalue weighted by Gasteiger charge is -2.09. The summed E-state index contributed by atoms with van der Waals surface area (Å²) in [5.41, 5.74) is 2.64. The van der Waals surface area contributed by atoms with Gasteiger partial charge in [0.05, 0.1) is 11.4 Å². The topological polar surface area (TPSA) is 88.9 Å². The normalized spacial score (nSPS) is 10.6. The van der Waals surface area contributed by atoms with Crippen molar-refractivity contribution in [3.63, 3.8) is 0 Å². The highest BCUT2D eigenvalue weighted by Crippen LogP contribution is 2.24. The molecule has 144 valence electrons. The summed E-state index contributed by atoms with van der Waals surface area (Å²) in [6, 6.07) is 12.5. The van der Waals surface area contributed by atoms with E-state index in [1.807, 2.05) is 25.1 Å². The highest BCUT2D eigenvalue weighted by molar-refractivity contribution is 9.10. The van der Waals surface area contributed by atoms with Crippen LogP contribution in [-0.2, 0) is 11.3 Å². The molecule has 0 atom stereocenters. The van der Waals surface area contributed by atoms with Crippen molar-refractivity contribution in [3.8, 4) is 0 Å². The number of carbonyl (C=O) groups is 2. The summed E-state index contributed by atoms with van der Waals surface area (Å²) < 4.78 is 2.15. The van der Waals surface area contributed by atoms with Crippen LogP contribution in [0.5, 0.6) is 0 Å². The first-order valence-electron chi connectivity index (χ1n) is 8.37. The van der Waals surface area contributed by atoms with Crippen molar-refractivity contribution >= 4 is 50.7 Å². The van der Waals surface area contributed by atoms with Crippen LogP contribution in [0.15, 0.2) is 46.9 Å². The van der Waals surface area contributed by atoms with Crippen molar-refractivity contribution in [2.75, 3.05) is 10.6 Å². The van der Waals surface area contributed by atoms with Crippen molar-refractivity contribution in [2.45, 2.75) is 20.4 Å². The van der Waals surface area contributed by atoms with Gasteiger partial charge in [-0.05, 0) is 59.6 Å². The van der Waals surface area contributed by atoms with Crippen LogP contribution in [0.4, 0.5) is 11.4 Å². The molecule has 0 aliphatic rings. The van der Waals surface area contributed by atoms with E-state index in [0.29, 0.717) is 22.1 Å². The molecule has 2 aromatic carbocycles.